The molecular formula is C28H18ClF3N2O2. The summed E-state index contributed by atoms with van der Waals surface area (Å²) in [5, 5.41) is 13.5. The normalized spacial score (nSPS) is 11.7. The van der Waals surface area contributed by atoms with Crippen molar-refractivity contribution >= 4 is 40.0 Å². The number of benzene rings is 4. The molecule has 4 rings (SSSR count). The Kier molecular flexibility index (Phi) is 7.28. The predicted molar refractivity (Wildman–Crippen MR) is 133 cm³/mol. The molecule has 0 unspecified atom stereocenters. The maximum Gasteiger partial charge on any atom is 0.416 e. The molecule has 4 nitrogen and oxygen atoms in total. The standard InChI is InChI=1S/C28H18ClF3N2O2/c29-24-12-11-21(28(30,31)32)15-25(24)34-27(35)20(16-33)14-23-22-9-5-4-8-19(22)10-13-26(23)36-17-18-6-2-1-3-7-18/h1-15H,17H2,(H,34,35)/b20-14+. The van der Waals surface area contributed by atoms with Gasteiger partial charge in [0.1, 0.15) is 24.0 Å². The number of hydrogen-bond acceptors (Lipinski definition) is 3. The maximum atomic E-state index is 13.1. The lowest BCUT2D eigenvalue weighted by molar-refractivity contribution is -0.137. The van der Waals surface area contributed by atoms with Crippen LogP contribution in [0, 0.1) is 11.3 Å². The van der Waals surface area contributed by atoms with Gasteiger partial charge >= 0.3 is 6.18 Å². The molecule has 180 valence electrons. The minimum atomic E-state index is -4.62. The van der Waals surface area contributed by atoms with Crippen LogP contribution in [-0.2, 0) is 17.6 Å². The van der Waals surface area contributed by atoms with Crippen molar-refractivity contribution in [3.63, 3.8) is 0 Å². The van der Waals surface area contributed by atoms with E-state index >= 15 is 0 Å². The van der Waals surface area contributed by atoms with Crippen LogP contribution < -0.4 is 10.1 Å². The van der Waals surface area contributed by atoms with Crippen molar-refractivity contribution in [2.24, 2.45) is 0 Å². The molecule has 0 fully saturated rings. The van der Waals surface area contributed by atoms with Gasteiger partial charge in [0.05, 0.1) is 16.3 Å². The average Bonchev–Trinajstić information content (AvgIpc) is 2.87. The third kappa shape index (κ3) is 5.68. The molecule has 0 saturated heterocycles. The molecule has 8 heteroatoms. The molecule has 0 radical (unpaired) electrons. The van der Waals surface area contributed by atoms with Crippen LogP contribution in [0.5, 0.6) is 5.75 Å². The van der Waals surface area contributed by atoms with Crippen molar-refractivity contribution in [1.29, 1.82) is 5.26 Å². The van der Waals surface area contributed by atoms with E-state index in [9.17, 15) is 23.2 Å². The van der Waals surface area contributed by atoms with Crippen molar-refractivity contribution in [3.8, 4) is 11.8 Å². The summed E-state index contributed by atoms with van der Waals surface area (Å²) in [5.74, 6) is -0.462. The van der Waals surface area contributed by atoms with E-state index in [1.165, 1.54) is 6.08 Å². The molecule has 0 bridgehead atoms. The number of hydrogen-bond donors (Lipinski definition) is 1. The second-order valence-electron chi connectivity index (χ2n) is 7.79. The minimum Gasteiger partial charge on any atom is -0.488 e. The average molecular weight is 507 g/mol. The first kappa shape index (κ1) is 24.8. The van der Waals surface area contributed by atoms with Gasteiger partial charge in [-0.15, -0.1) is 0 Å². The van der Waals surface area contributed by atoms with E-state index in [4.69, 9.17) is 16.3 Å². The summed E-state index contributed by atoms with van der Waals surface area (Å²) < 4.78 is 45.3. The lowest BCUT2D eigenvalue weighted by atomic mass is 10.0. The summed E-state index contributed by atoms with van der Waals surface area (Å²) in [6.45, 7) is 0.258. The van der Waals surface area contributed by atoms with Gasteiger partial charge in [-0.25, -0.2) is 0 Å². The Balaban J connectivity index is 1.70. The molecule has 0 saturated carbocycles. The molecule has 0 aromatic heterocycles. The van der Waals surface area contributed by atoms with Crippen molar-refractivity contribution < 1.29 is 22.7 Å². The van der Waals surface area contributed by atoms with Gasteiger partial charge in [0, 0.05) is 5.56 Å². The highest BCUT2D eigenvalue weighted by molar-refractivity contribution is 6.34. The number of alkyl halides is 3. The highest BCUT2D eigenvalue weighted by Crippen LogP contribution is 2.35. The molecule has 0 aliphatic carbocycles. The summed E-state index contributed by atoms with van der Waals surface area (Å²) >= 11 is 6.00. The van der Waals surface area contributed by atoms with E-state index in [2.05, 4.69) is 5.32 Å². The fourth-order valence-corrected chi connectivity index (χ4v) is 3.73. The van der Waals surface area contributed by atoms with Crippen LogP contribution in [0.25, 0.3) is 16.8 Å². The fraction of sp³-hybridized carbons (Fsp3) is 0.0714. The van der Waals surface area contributed by atoms with Crippen LogP contribution in [0.4, 0.5) is 18.9 Å². The number of fused-ring (bicyclic) bond motifs is 1. The van der Waals surface area contributed by atoms with Crippen LogP contribution in [0.2, 0.25) is 5.02 Å². The summed E-state index contributed by atoms with van der Waals surface area (Å²) in [7, 11) is 0. The number of rotatable bonds is 6. The Morgan fingerprint density at radius 3 is 2.44 bits per heavy atom. The van der Waals surface area contributed by atoms with E-state index in [0.29, 0.717) is 11.3 Å². The van der Waals surface area contributed by atoms with E-state index in [0.717, 1.165) is 34.5 Å². The number of halogens is 4. The Hall–Kier alpha value is -4.28. The van der Waals surface area contributed by atoms with E-state index in [1.807, 2.05) is 66.7 Å². The fourth-order valence-electron chi connectivity index (χ4n) is 3.57. The molecule has 1 N–H and O–H groups in total. The molecule has 1 amide bonds. The topological polar surface area (TPSA) is 62.1 Å². The van der Waals surface area contributed by atoms with Crippen LogP contribution in [-0.4, -0.2) is 5.91 Å². The zero-order chi connectivity index (χ0) is 25.7. The Morgan fingerprint density at radius 1 is 1.00 bits per heavy atom. The van der Waals surface area contributed by atoms with Crippen LogP contribution in [0.3, 0.4) is 0 Å². The van der Waals surface area contributed by atoms with Crippen LogP contribution in [0.1, 0.15) is 16.7 Å². The van der Waals surface area contributed by atoms with E-state index in [-0.39, 0.29) is 22.9 Å². The Labute approximate surface area is 210 Å². The van der Waals surface area contributed by atoms with Crippen molar-refractivity contribution in [2.75, 3.05) is 5.32 Å². The third-order valence-electron chi connectivity index (χ3n) is 5.36. The molecule has 0 atom stereocenters. The highest BCUT2D eigenvalue weighted by atomic mass is 35.5. The number of nitrogens with zero attached hydrogens (tertiary/aromatic N) is 1. The van der Waals surface area contributed by atoms with Crippen LogP contribution >= 0.6 is 11.6 Å². The second-order valence-corrected chi connectivity index (χ2v) is 8.20. The summed E-state index contributed by atoms with van der Waals surface area (Å²) in [5.41, 5.74) is -0.139. The first-order valence-electron chi connectivity index (χ1n) is 10.7. The van der Waals surface area contributed by atoms with Gasteiger partial charge in [-0.1, -0.05) is 72.3 Å². The Morgan fingerprint density at radius 2 is 1.72 bits per heavy atom. The second kappa shape index (κ2) is 10.5. The summed E-state index contributed by atoms with van der Waals surface area (Å²) in [6, 6.07) is 24.9. The number of carbonyl (C=O) groups excluding carboxylic acids is 1. The van der Waals surface area contributed by atoms with E-state index in [1.54, 1.807) is 6.07 Å². The quantitative estimate of drug-likeness (QED) is 0.216. The molecular weight excluding hydrogens is 489 g/mol. The molecule has 0 aliphatic rings. The molecule has 0 heterocycles. The number of carbonyl (C=O) groups is 1. The number of nitrogens with one attached hydrogen (secondary N) is 1. The predicted octanol–water partition coefficient (Wildman–Crippen LogP) is 7.64. The zero-order valence-corrected chi connectivity index (χ0v) is 19.4. The van der Waals surface area contributed by atoms with Crippen molar-refractivity contribution in [3.05, 3.63) is 112 Å². The summed E-state index contributed by atoms with van der Waals surface area (Å²) in [6.07, 6.45) is -3.26. The molecule has 4 aromatic rings. The van der Waals surface area contributed by atoms with Gasteiger partial charge in [-0.2, -0.15) is 18.4 Å². The van der Waals surface area contributed by atoms with Gasteiger partial charge in [-0.05, 0) is 46.7 Å². The Bertz CT molecular complexity index is 1490. The van der Waals surface area contributed by atoms with Gasteiger partial charge in [-0.3, -0.25) is 4.79 Å². The number of anilines is 1. The number of nitriles is 1. The van der Waals surface area contributed by atoms with Gasteiger partial charge in [0.15, 0.2) is 0 Å². The van der Waals surface area contributed by atoms with E-state index < -0.39 is 17.6 Å². The third-order valence-corrected chi connectivity index (χ3v) is 5.69. The first-order valence-corrected chi connectivity index (χ1v) is 11.1. The monoisotopic (exact) mass is 506 g/mol. The van der Waals surface area contributed by atoms with Gasteiger partial charge in [0.25, 0.3) is 5.91 Å². The summed E-state index contributed by atoms with van der Waals surface area (Å²) in [4.78, 5) is 12.9. The largest absolute Gasteiger partial charge is 0.488 e. The number of ether oxygens (including phenoxy) is 1. The zero-order valence-electron chi connectivity index (χ0n) is 18.6. The molecule has 0 aliphatic heterocycles. The van der Waals surface area contributed by atoms with Crippen LogP contribution in [0.15, 0.2) is 90.5 Å². The number of amides is 1. The van der Waals surface area contributed by atoms with Crippen molar-refractivity contribution in [2.45, 2.75) is 12.8 Å². The molecule has 36 heavy (non-hydrogen) atoms. The molecule has 4 aromatic carbocycles. The molecule has 0 spiro atoms. The lowest BCUT2D eigenvalue weighted by Gasteiger charge is -2.13. The van der Waals surface area contributed by atoms with Crippen molar-refractivity contribution in [1.82, 2.24) is 0 Å². The lowest BCUT2D eigenvalue weighted by Crippen LogP contribution is -2.15. The smallest absolute Gasteiger partial charge is 0.416 e. The van der Waals surface area contributed by atoms with Gasteiger partial charge < -0.3 is 10.1 Å². The highest BCUT2D eigenvalue weighted by Gasteiger charge is 2.31. The van der Waals surface area contributed by atoms with Gasteiger partial charge in [0.2, 0.25) is 0 Å². The first-order chi connectivity index (χ1) is 17.3. The SMILES string of the molecule is N#C/C(=C\c1c(OCc2ccccc2)ccc2ccccc12)C(=O)Nc1cc(C(F)(F)F)ccc1Cl. The maximum absolute atomic E-state index is 13.1. The minimum absolute atomic E-state index is 0.0920.